The molecule has 0 aromatic heterocycles. The highest BCUT2D eigenvalue weighted by atomic mass is 19.4. The second-order valence-corrected chi connectivity index (χ2v) is 5.53. The zero-order valence-electron chi connectivity index (χ0n) is 13.7. The summed E-state index contributed by atoms with van der Waals surface area (Å²) in [6, 6.07) is -15.4. The zero-order chi connectivity index (χ0) is 25.0. The average molecular weight is 495 g/mol. The number of halogens is 18. The second-order valence-electron chi connectivity index (χ2n) is 5.53. The number of nitrogens with zero attached hydrogens (tertiary/aromatic N) is 1. The molecule has 0 radical (unpaired) electrons. The molecule has 0 atom stereocenters. The van der Waals surface area contributed by atoms with E-state index in [2.05, 4.69) is 0 Å². The van der Waals surface area contributed by atoms with Crippen LogP contribution in [0, 0.1) is 0 Å². The second kappa shape index (κ2) is 7.39. The van der Waals surface area contributed by atoms with Gasteiger partial charge in [-0.3, -0.25) is 0 Å². The Labute approximate surface area is 153 Å². The van der Waals surface area contributed by atoms with Crippen molar-refractivity contribution in [1.82, 2.24) is 4.90 Å². The van der Waals surface area contributed by atoms with Gasteiger partial charge >= 0.3 is 48.1 Å². The minimum atomic E-state index is -8.03. The molecule has 0 N–H and O–H groups in total. The first-order valence-corrected chi connectivity index (χ1v) is 6.87. The maximum atomic E-state index is 13.6. The Morgan fingerprint density at radius 1 is 0.433 bits per heavy atom. The van der Waals surface area contributed by atoms with Gasteiger partial charge in [-0.2, -0.15) is 83.9 Å². The van der Waals surface area contributed by atoms with Crippen molar-refractivity contribution < 1.29 is 79.0 Å². The van der Waals surface area contributed by atoms with Crippen molar-refractivity contribution in [3.8, 4) is 0 Å². The van der Waals surface area contributed by atoms with Crippen LogP contribution in [-0.4, -0.2) is 59.6 Å². The van der Waals surface area contributed by atoms with Crippen LogP contribution in [0.1, 0.15) is 13.3 Å². The molecular weight excluding hydrogens is 488 g/mol. The normalized spacial score (nSPS) is 16.4. The molecule has 0 amide bonds. The minimum Gasteiger partial charge on any atom is -0.191 e. The molecule has 0 aromatic carbocycles. The lowest BCUT2D eigenvalue weighted by molar-refractivity contribution is -0.472. The van der Waals surface area contributed by atoms with Crippen LogP contribution in [0.25, 0.3) is 0 Å². The summed E-state index contributed by atoms with van der Waals surface area (Å²) in [5.74, 6) is -31.9. The predicted molar refractivity (Wildman–Crippen MR) is 58.8 cm³/mol. The molecule has 0 fully saturated rings. The first-order chi connectivity index (χ1) is 12.7. The Balaban J connectivity index is 6.83. The maximum Gasteiger partial charge on any atom is 0.460 e. The lowest BCUT2D eigenvalue weighted by Crippen LogP contribution is -2.74. The van der Waals surface area contributed by atoms with E-state index in [0.29, 0.717) is 6.92 Å². The van der Waals surface area contributed by atoms with Gasteiger partial charge in [-0.15, -0.1) is 0 Å². The van der Waals surface area contributed by atoms with Gasteiger partial charge in [0.15, 0.2) is 0 Å². The maximum absolute atomic E-state index is 13.6. The van der Waals surface area contributed by atoms with E-state index >= 15 is 0 Å². The topological polar surface area (TPSA) is 3.24 Å². The van der Waals surface area contributed by atoms with Crippen LogP contribution in [0.15, 0.2) is 0 Å². The van der Waals surface area contributed by atoms with Crippen molar-refractivity contribution in [2.24, 2.45) is 0 Å². The molecule has 0 rings (SSSR count). The lowest BCUT2D eigenvalue weighted by atomic mass is 10.0. The van der Waals surface area contributed by atoms with Crippen LogP contribution in [-0.2, 0) is 0 Å². The van der Waals surface area contributed by atoms with E-state index in [0.717, 1.165) is 0 Å². The van der Waals surface area contributed by atoms with E-state index in [9.17, 15) is 79.0 Å². The molecule has 0 aromatic rings. The summed E-state index contributed by atoms with van der Waals surface area (Å²) >= 11 is 0. The molecule has 0 aliphatic rings. The molecule has 0 saturated heterocycles. The number of hydrogen-bond donors (Lipinski definition) is 0. The van der Waals surface area contributed by atoms with Gasteiger partial charge in [-0.25, -0.2) is 0 Å². The van der Waals surface area contributed by atoms with E-state index < -0.39 is 66.0 Å². The standard InChI is InChI=1S/C11H7F18N/c1-2-3-30(10(26,27)6(16,17)4(12,13)8(20,21)22)11(28,29)7(18,19)5(14,15)9(23,24)25/h2-3H2,1H3. The van der Waals surface area contributed by atoms with Gasteiger partial charge in [0.2, 0.25) is 0 Å². The SMILES string of the molecule is CCCN(C(F)(F)C(F)(F)C(F)(F)C(F)(F)F)C(F)(F)C(F)(F)C(F)(F)C(F)(F)F. The molecule has 1 nitrogen and oxygen atoms in total. The Morgan fingerprint density at radius 3 is 0.833 bits per heavy atom. The Bertz CT molecular complexity index is 548. The fourth-order valence-corrected chi connectivity index (χ4v) is 1.75. The first-order valence-electron chi connectivity index (χ1n) is 6.87. The largest absolute Gasteiger partial charge is 0.460 e. The molecule has 0 aliphatic heterocycles. The van der Waals surface area contributed by atoms with Crippen molar-refractivity contribution in [1.29, 1.82) is 0 Å². The zero-order valence-corrected chi connectivity index (χ0v) is 13.7. The number of rotatable bonds is 8. The lowest BCUT2D eigenvalue weighted by Gasteiger charge is -2.45. The Morgan fingerprint density at radius 2 is 0.667 bits per heavy atom. The van der Waals surface area contributed by atoms with Gasteiger partial charge in [-0.1, -0.05) is 6.92 Å². The quantitative estimate of drug-likeness (QED) is 0.273. The Kier molecular flexibility index (Phi) is 7.07. The summed E-state index contributed by atoms with van der Waals surface area (Å²) in [6.07, 6.45) is -16.7. The van der Waals surface area contributed by atoms with Crippen LogP contribution < -0.4 is 0 Å². The molecule has 19 heteroatoms. The third kappa shape index (κ3) is 3.85. The highest BCUT2D eigenvalue weighted by molar-refractivity contribution is 5.06. The third-order valence-electron chi connectivity index (χ3n) is 3.38. The fraction of sp³-hybridized carbons (Fsp3) is 1.00. The van der Waals surface area contributed by atoms with E-state index in [1.165, 1.54) is 0 Å². The fourth-order valence-electron chi connectivity index (χ4n) is 1.75. The molecule has 0 saturated carbocycles. The summed E-state index contributed by atoms with van der Waals surface area (Å²) in [6.45, 7) is -2.38. The van der Waals surface area contributed by atoms with Gasteiger partial charge in [-0.05, 0) is 6.42 Å². The first kappa shape index (κ1) is 28.7. The highest BCUT2D eigenvalue weighted by Gasteiger charge is 2.89. The molecule has 30 heavy (non-hydrogen) atoms. The highest BCUT2D eigenvalue weighted by Crippen LogP contribution is 2.59. The number of alkyl halides is 18. The van der Waals surface area contributed by atoms with Crippen LogP contribution in [0.4, 0.5) is 79.0 Å². The van der Waals surface area contributed by atoms with E-state index in [4.69, 9.17) is 0 Å². The van der Waals surface area contributed by atoms with Gasteiger partial charge in [0.1, 0.15) is 0 Å². The van der Waals surface area contributed by atoms with Crippen LogP contribution >= 0.6 is 0 Å². The Hall–Kier alpha value is -1.30. The van der Waals surface area contributed by atoms with Crippen molar-refractivity contribution in [3.05, 3.63) is 0 Å². The van der Waals surface area contributed by atoms with Crippen molar-refractivity contribution in [2.75, 3.05) is 6.54 Å². The van der Waals surface area contributed by atoms with Crippen LogP contribution in [0.5, 0.6) is 0 Å². The number of hydrogen-bond acceptors (Lipinski definition) is 1. The summed E-state index contributed by atoms with van der Waals surface area (Å²) < 4.78 is 231. The summed E-state index contributed by atoms with van der Waals surface area (Å²) in [4.78, 5) is -3.25. The predicted octanol–water partition coefficient (Wildman–Crippen LogP) is 6.55. The van der Waals surface area contributed by atoms with E-state index in [1.54, 1.807) is 0 Å². The molecule has 0 unspecified atom stereocenters. The molecule has 0 aliphatic carbocycles. The molecule has 0 heterocycles. The van der Waals surface area contributed by atoms with Crippen LogP contribution in [0.3, 0.4) is 0 Å². The van der Waals surface area contributed by atoms with Gasteiger partial charge in [0.25, 0.3) is 0 Å². The van der Waals surface area contributed by atoms with Crippen LogP contribution in [0.2, 0.25) is 0 Å². The molecule has 182 valence electrons. The van der Waals surface area contributed by atoms with Crippen molar-refractivity contribution >= 4 is 0 Å². The molecule has 0 bridgehead atoms. The van der Waals surface area contributed by atoms with Crippen molar-refractivity contribution in [2.45, 2.75) is 61.5 Å². The monoisotopic (exact) mass is 495 g/mol. The van der Waals surface area contributed by atoms with E-state index in [1.807, 2.05) is 0 Å². The van der Waals surface area contributed by atoms with Gasteiger partial charge in [0, 0.05) is 6.54 Å². The van der Waals surface area contributed by atoms with Crippen molar-refractivity contribution in [3.63, 3.8) is 0 Å². The van der Waals surface area contributed by atoms with Gasteiger partial charge in [0.05, 0.1) is 0 Å². The smallest absolute Gasteiger partial charge is 0.191 e. The molecular formula is C11H7F18N. The van der Waals surface area contributed by atoms with E-state index in [-0.39, 0.29) is 0 Å². The third-order valence-corrected chi connectivity index (χ3v) is 3.38. The minimum absolute atomic E-state index is 0.360. The molecule has 0 spiro atoms. The summed E-state index contributed by atoms with van der Waals surface area (Å²) in [5, 5.41) is 0. The summed E-state index contributed by atoms with van der Waals surface area (Å²) in [7, 11) is 0. The summed E-state index contributed by atoms with van der Waals surface area (Å²) in [5.41, 5.74) is 0. The van der Waals surface area contributed by atoms with Gasteiger partial charge < -0.3 is 0 Å². The average Bonchev–Trinajstić information content (AvgIpc) is 2.49.